The summed E-state index contributed by atoms with van der Waals surface area (Å²) in [7, 11) is 0. The topological polar surface area (TPSA) is 65.1 Å². The van der Waals surface area contributed by atoms with Gasteiger partial charge in [0.2, 0.25) is 0 Å². The molecule has 4 rings (SSSR count). The molecule has 3 aromatic rings. The summed E-state index contributed by atoms with van der Waals surface area (Å²) in [5.41, 5.74) is 1.70. The first-order chi connectivity index (χ1) is 17.8. The Morgan fingerprint density at radius 2 is 1.62 bits per heavy atom. The molecule has 192 valence electrons. The lowest BCUT2D eigenvalue weighted by Crippen LogP contribution is -2.32. The second-order valence-corrected chi connectivity index (χ2v) is 10.8. The first-order valence-electron chi connectivity index (χ1n) is 11.3. The number of carbonyl (C=O) groups is 2. The highest BCUT2D eigenvalue weighted by Crippen LogP contribution is 2.38. The monoisotopic (exact) mass is 669 g/mol. The number of imide groups is 1. The third-order valence-corrected chi connectivity index (χ3v) is 7.41. The summed E-state index contributed by atoms with van der Waals surface area (Å²) >= 11 is 14.9. The average molecular weight is 670 g/mol. The summed E-state index contributed by atoms with van der Waals surface area (Å²) < 4.78 is 18.3. The number of hydrogen-bond acceptors (Lipinski definition) is 6. The standard InChI is InChI=1S/C27H22Cl2INO5S/c1-2-34-23-14-18(13-22(30)25(23)36-16-17-3-5-19(28)6-4-17)15-24-26(32)31(27(33)37-24)11-12-35-21-9-7-20(29)8-10-21/h3-10,13-15H,2,11-12,16H2,1H3/b24-15-. The number of thioether (sulfide) groups is 1. The van der Waals surface area contributed by atoms with E-state index in [4.69, 9.17) is 37.4 Å². The first-order valence-corrected chi connectivity index (χ1v) is 14.0. The molecular formula is C27H22Cl2INO5S. The van der Waals surface area contributed by atoms with E-state index in [1.165, 1.54) is 4.90 Å². The van der Waals surface area contributed by atoms with Crippen LogP contribution in [0.2, 0.25) is 10.0 Å². The fraction of sp³-hybridized carbons (Fsp3) is 0.185. The Labute approximate surface area is 243 Å². The molecule has 1 heterocycles. The fourth-order valence-electron chi connectivity index (χ4n) is 3.44. The Bertz CT molecular complexity index is 1320. The smallest absolute Gasteiger partial charge is 0.293 e. The zero-order chi connectivity index (χ0) is 26.4. The van der Waals surface area contributed by atoms with Gasteiger partial charge in [-0.2, -0.15) is 0 Å². The van der Waals surface area contributed by atoms with Gasteiger partial charge in [-0.15, -0.1) is 0 Å². The van der Waals surface area contributed by atoms with Gasteiger partial charge >= 0.3 is 0 Å². The highest BCUT2D eigenvalue weighted by molar-refractivity contribution is 14.1. The predicted octanol–water partition coefficient (Wildman–Crippen LogP) is 7.69. The Balaban J connectivity index is 1.45. The number of carbonyl (C=O) groups excluding carboxylic acids is 2. The number of amides is 2. The van der Waals surface area contributed by atoms with E-state index in [0.717, 1.165) is 26.5 Å². The van der Waals surface area contributed by atoms with Crippen molar-refractivity contribution in [1.82, 2.24) is 4.90 Å². The van der Waals surface area contributed by atoms with Gasteiger partial charge in [-0.25, -0.2) is 0 Å². The van der Waals surface area contributed by atoms with Crippen LogP contribution in [-0.2, 0) is 11.4 Å². The lowest BCUT2D eigenvalue weighted by atomic mass is 10.1. The first kappa shape index (κ1) is 27.6. The van der Waals surface area contributed by atoms with Gasteiger partial charge in [0.15, 0.2) is 11.5 Å². The third-order valence-electron chi connectivity index (χ3n) is 5.20. The highest BCUT2D eigenvalue weighted by Gasteiger charge is 2.35. The van der Waals surface area contributed by atoms with Gasteiger partial charge < -0.3 is 14.2 Å². The number of benzene rings is 3. The van der Waals surface area contributed by atoms with Gasteiger partial charge in [-0.1, -0.05) is 35.3 Å². The quantitative estimate of drug-likeness (QED) is 0.163. The minimum Gasteiger partial charge on any atom is -0.492 e. The van der Waals surface area contributed by atoms with Gasteiger partial charge in [0, 0.05) is 10.0 Å². The number of hydrogen-bond donors (Lipinski definition) is 0. The van der Waals surface area contributed by atoms with Crippen molar-refractivity contribution in [2.45, 2.75) is 13.5 Å². The molecule has 37 heavy (non-hydrogen) atoms. The second kappa shape index (κ2) is 12.9. The molecule has 1 aliphatic heterocycles. The van der Waals surface area contributed by atoms with Crippen LogP contribution in [0.3, 0.4) is 0 Å². The van der Waals surface area contributed by atoms with E-state index in [0.29, 0.717) is 45.4 Å². The van der Waals surface area contributed by atoms with Crippen LogP contribution in [0.4, 0.5) is 4.79 Å². The maximum absolute atomic E-state index is 12.9. The fourth-order valence-corrected chi connectivity index (χ4v) is 5.34. The van der Waals surface area contributed by atoms with Crippen molar-refractivity contribution >= 4 is 74.8 Å². The van der Waals surface area contributed by atoms with Crippen LogP contribution in [0.5, 0.6) is 17.2 Å². The van der Waals surface area contributed by atoms with Crippen LogP contribution in [-0.4, -0.2) is 35.8 Å². The van der Waals surface area contributed by atoms with Crippen molar-refractivity contribution in [3.63, 3.8) is 0 Å². The minimum atomic E-state index is -0.356. The van der Waals surface area contributed by atoms with E-state index in [1.807, 2.05) is 37.3 Å². The largest absolute Gasteiger partial charge is 0.492 e. The van der Waals surface area contributed by atoms with Crippen LogP contribution < -0.4 is 14.2 Å². The van der Waals surface area contributed by atoms with Crippen LogP contribution in [0.1, 0.15) is 18.1 Å². The molecule has 1 fully saturated rings. The molecule has 0 N–H and O–H groups in total. The zero-order valence-corrected chi connectivity index (χ0v) is 24.2. The van der Waals surface area contributed by atoms with E-state index in [1.54, 1.807) is 36.4 Å². The Morgan fingerprint density at radius 3 is 2.30 bits per heavy atom. The maximum atomic E-state index is 12.9. The third kappa shape index (κ3) is 7.34. The van der Waals surface area contributed by atoms with Crippen molar-refractivity contribution in [3.8, 4) is 17.2 Å². The number of rotatable bonds is 10. The lowest BCUT2D eigenvalue weighted by Gasteiger charge is -2.15. The van der Waals surface area contributed by atoms with Gasteiger partial charge in [0.25, 0.3) is 11.1 Å². The molecule has 0 saturated carbocycles. The molecule has 1 aliphatic rings. The molecule has 0 spiro atoms. The molecule has 2 amide bonds. The summed E-state index contributed by atoms with van der Waals surface area (Å²) in [6.07, 6.45) is 1.69. The number of nitrogens with zero attached hydrogens (tertiary/aromatic N) is 1. The van der Waals surface area contributed by atoms with E-state index in [-0.39, 0.29) is 24.3 Å². The van der Waals surface area contributed by atoms with E-state index >= 15 is 0 Å². The Hall–Kier alpha value is -2.40. The summed E-state index contributed by atoms with van der Waals surface area (Å²) in [4.78, 5) is 27.0. The van der Waals surface area contributed by atoms with Crippen LogP contribution in [0.25, 0.3) is 6.08 Å². The molecule has 10 heteroatoms. The molecule has 0 aliphatic carbocycles. The highest BCUT2D eigenvalue weighted by atomic mass is 127. The molecular weight excluding hydrogens is 648 g/mol. The van der Waals surface area contributed by atoms with E-state index in [2.05, 4.69) is 22.6 Å². The second-order valence-electron chi connectivity index (χ2n) is 7.81. The minimum absolute atomic E-state index is 0.143. The molecule has 0 radical (unpaired) electrons. The molecule has 0 atom stereocenters. The molecule has 6 nitrogen and oxygen atoms in total. The summed E-state index contributed by atoms with van der Waals surface area (Å²) in [6.45, 7) is 3.01. The van der Waals surface area contributed by atoms with Crippen molar-refractivity contribution < 1.29 is 23.8 Å². The maximum Gasteiger partial charge on any atom is 0.293 e. The van der Waals surface area contributed by atoms with Crippen LogP contribution in [0, 0.1) is 3.57 Å². The van der Waals surface area contributed by atoms with E-state index < -0.39 is 0 Å². The molecule has 1 saturated heterocycles. The van der Waals surface area contributed by atoms with Crippen molar-refractivity contribution in [1.29, 1.82) is 0 Å². The van der Waals surface area contributed by atoms with E-state index in [9.17, 15) is 9.59 Å². The predicted molar refractivity (Wildman–Crippen MR) is 156 cm³/mol. The molecule has 0 bridgehead atoms. The zero-order valence-electron chi connectivity index (χ0n) is 19.7. The van der Waals surface area contributed by atoms with Crippen LogP contribution in [0.15, 0.2) is 65.6 Å². The van der Waals surface area contributed by atoms with Crippen molar-refractivity contribution in [2.24, 2.45) is 0 Å². The molecule has 0 aromatic heterocycles. The van der Waals surface area contributed by atoms with Gasteiger partial charge in [0.1, 0.15) is 19.0 Å². The molecule has 3 aromatic carbocycles. The Morgan fingerprint density at radius 1 is 0.946 bits per heavy atom. The molecule has 0 unspecified atom stereocenters. The average Bonchev–Trinajstić information content (AvgIpc) is 3.13. The lowest BCUT2D eigenvalue weighted by molar-refractivity contribution is -0.123. The van der Waals surface area contributed by atoms with Crippen molar-refractivity contribution in [3.05, 3.63) is 90.3 Å². The van der Waals surface area contributed by atoms with Gasteiger partial charge in [-0.3, -0.25) is 14.5 Å². The van der Waals surface area contributed by atoms with Gasteiger partial charge in [-0.05, 0) is 107 Å². The summed E-state index contributed by atoms with van der Waals surface area (Å²) in [6, 6.07) is 18.0. The van der Waals surface area contributed by atoms with Gasteiger partial charge in [0.05, 0.1) is 21.6 Å². The SMILES string of the molecule is CCOc1cc(/C=C2\SC(=O)N(CCOc3ccc(Cl)cc3)C2=O)cc(I)c1OCc1ccc(Cl)cc1. The van der Waals surface area contributed by atoms with Crippen LogP contribution >= 0.6 is 57.6 Å². The normalized spacial score (nSPS) is 14.4. The summed E-state index contributed by atoms with van der Waals surface area (Å²) in [5, 5.41) is 0.932. The number of ether oxygens (including phenoxy) is 3. The summed E-state index contributed by atoms with van der Waals surface area (Å²) in [5.74, 6) is 1.43. The van der Waals surface area contributed by atoms with Crippen molar-refractivity contribution in [2.75, 3.05) is 19.8 Å². The number of halogens is 3. The Kier molecular flexibility index (Phi) is 9.64.